The van der Waals surface area contributed by atoms with E-state index in [1.165, 1.54) is 47.0 Å². The van der Waals surface area contributed by atoms with Crippen molar-refractivity contribution in [3.8, 4) is 5.75 Å². The molecule has 31 heavy (non-hydrogen) atoms. The second-order valence-electron chi connectivity index (χ2n) is 6.77. The van der Waals surface area contributed by atoms with Crippen molar-refractivity contribution in [1.29, 1.82) is 0 Å². The van der Waals surface area contributed by atoms with E-state index in [0.717, 1.165) is 16.2 Å². The highest BCUT2D eigenvalue weighted by Gasteiger charge is 2.31. The Bertz CT molecular complexity index is 1040. The first kappa shape index (κ1) is 23.3. The highest BCUT2D eigenvalue weighted by Crippen LogP contribution is 2.33. The van der Waals surface area contributed by atoms with Crippen LogP contribution >= 0.6 is 23.1 Å². The number of aromatic nitrogens is 1. The fourth-order valence-corrected chi connectivity index (χ4v) is 4.40. The number of thioether (sulfide) groups is 1. The predicted octanol–water partition coefficient (Wildman–Crippen LogP) is 5.02. The summed E-state index contributed by atoms with van der Waals surface area (Å²) in [6.07, 6.45) is -4.79. The third kappa shape index (κ3) is 6.81. The summed E-state index contributed by atoms with van der Waals surface area (Å²) in [5.74, 6) is -0.793. The summed E-state index contributed by atoms with van der Waals surface area (Å²) >= 11 is 2.39. The standard InChI is InChI=1S/C20H19F4N3O2S2/c1-26(2)9-10-27(18(28)12-30-15-6-3-13(21)4-7-15)19-25-16-8-5-14(11-17(16)31-19)29-20(22,23)24/h3-8,11H,9-10,12H2,1-2H3. The molecule has 1 aromatic heterocycles. The van der Waals surface area contributed by atoms with E-state index >= 15 is 0 Å². The molecule has 5 nitrogen and oxygen atoms in total. The Labute approximate surface area is 184 Å². The number of thiazole rings is 1. The molecule has 11 heteroatoms. The molecule has 0 saturated heterocycles. The maximum atomic E-state index is 13.1. The van der Waals surface area contributed by atoms with Gasteiger partial charge < -0.3 is 9.64 Å². The zero-order valence-electron chi connectivity index (χ0n) is 16.6. The number of hydrogen-bond acceptors (Lipinski definition) is 6. The van der Waals surface area contributed by atoms with Crippen LogP contribution in [-0.2, 0) is 4.79 Å². The van der Waals surface area contributed by atoms with Crippen LogP contribution in [0.5, 0.6) is 5.75 Å². The minimum Gasteiger partial charge on any atom is -0.406 e. The number of nitrogens with zero attached hydrogens (tertiary/aromatic N) is 3. The first-order valence-electron chi connectivity index (χ1n) is 9.10. The number of halogens is 4. The number of amides is 1. The van der Waals surface area contributed by atoms with Crippen LogP contribution in [0.3, 0.4) is 0 Å². The smallest absolute Gasteiger partial charge is 0.406 e. The lowest BCUT2D eigenvalue weighted by Gasteiger charge is -2.21. The summed E-state index contributed by atoms with van der Waals surface area (Å²) in [6, 6.07) is 9.71. The molecule has 0 fully saturated rings. The Hall–Kier alpha value is -2.37. The topological polar surface area (TPSA) is 45.7 Å². The fourth-order valence-electron chi connectivity index (χ4n) is 2.59. The summed E-state index contributed by atoms with van der Waals surface area (Å²) < 4.78 is 55.0. The SMILES string of the molecule is CN(C)CCN(C(=O)CSc1ccc(F)cc1)c1nc2ccc(OC(F)(F)F)cc2s1. The van der Waals surface area contributed by atoms with E-state index in [4.69, 9.17) is 0 Å². The Morgan fingerprint density at radius 2 is 1.84 bits per heavy atom. The van der Waals surface area contributed by atoms with Crippen molar-refractivity contribution in [2.75, 3.05) is 37.8 Å². The van der Waals surface area contributed by atoms with E-state index in [1.54, 1.807) is 12.1 Å². The average Bonchev–Trinajstić information content (AvgIpc) is 3.09. The van der Waals surface area contributed by atoms with Crippen LogP contribution in [0.15, 0.2) is 47.4 Å². The van der Waals surface area contributed by atoms with Gasteiger partial charge in [-0.05, 0) is 50.5 Å². The Kier molecular flexibility index (Phi) is 7.39. The van der Waals surface area contributed by atoms with Crippen LogP contribution in [0.1, 0.15) is 0 Å². The quantitative estimate of drug-likeness (QED) is 0.340. The molecule has 0 aliphatic heterocycles. The number of carbonyl (C=O) groups excluding carboxylic acids is 1. The molecule has 0 atom stereocenters. The second-order valence-corrected chi connectivity index (χ2v) is 8.82. The predicted molar refractivity (Wildman–Crippen MR) is 114 cm³/mol. The lowest BCUT2D eigenvalue weighted by Crippen LogP contribution is -2.37. The van der Waals surface area contributed by atoms with Gasteiger partial charge in [0.15, 0.2) is 5.13 Å². The molecule has 3 rings (SSSR count). The van der Waals surface area contributed by atoms with Crippen LogP contribution in [0, 0.1) is 5.82 Å². The maximum absolute atomic E-state index is 13.1. The van der Waals surface area contributed by atoms with Crippen molar-refractivity contribution in [1.82, 2.24) is 9.88 Å². The van der Waals surface area contributed by atoms with Gasteiger partial charge in [0.2, 0.25) is 5.91 Å². The molecule has 0 N–H and O–H groups in total. The number of likely N-dealkylation sites (N-methyl/N-ethyl adjacent to an activating group) is 1. The first-order valence-corrected chi connectivity index (χ1v) is 10.9. The molecule has 166 valence electrons. The molecule has 0 spiro atoms. The number of benzene rings is 2. The van der Waals surface area contributed by atoms with Crippen molar-refractivity contribution < 1.29 is 27.1 Å². The lowest BCUT2D eigenvalue weighted by atomic mass is 10.3. The number of alkyl halides is 3. The second kappa shape index (κ2) is 9.84. The van der Waals surface area contributed by atoms with Crippen LogP contribution in [0.25, 0.3) is 10.2 Å². The zero-order chi connectivity index (χ0) is 22.6. The molecular formula is C20H19F4N3O2S2. The third-order valence-electron chi connectivity index (χ3n) is 4.06. The van der Waals surface area contributed by atoms with E-state index in [9.17, 15) is 22.4 Å². The van der Waals surface area contributed by atoms with Crippen LogP contribution in [-0.4, -0.2) is 55.1 Å². The van der Waals surface area contributed by atoms with E-state index < -0.39 is 6.36 Å². The molecule has 0 unspecified atom stereocenters. The number of hydrogen-bond donors (Lipinski definition) is 0. The summed E-state index contributed by atoms with van der Waals surface area (Å²) in [5.41, 5.74) is 0.475. The van der Waals surface area contributed by atoms with Crippen molar-refractivity contribution in [2.45, 2.75) is 11.3 Å². The largest absolute Gasteiger partial charge is 0.573 e. The highest BCUT2D eigenvalue weighted by molar-refractivity contribution is 8.00. The Balaban J connectivity index is 1.80. The number of rotatable bonds is 8. The number of ether oxygens (including phenoxy) is 1. The van der Waals surface area contributed by atoms with Gasteiger partial charge in [-0.3, -0.25) is 9.69 Å². The monoisotopic (exact) mass is 473 g/mol. The van der Waals surface area contributed by atoms with Crippen molar-refractivity contribution in [3.05, 3.63) is 48.3 Å². The van der Waals surface area contributed by atoms with Crippen molar-refractivity contribution >= 4 is 44.4 Å². The highest BCUT2D eigenvalue weighted by atomic mass is 32.2. The zero-order valence-corrected chi connectivity index (χ0v) is 18.3. The summed E-state index contributed by atoms with van der Waals surface area (Å²) in [4.78, 5) is 21.5. The number of anilines is 1. The van der Waals surface area contributed by atoms with E-state index in [0.29, 0.717) is 28.4 Å². The molecule has 0 radical (unpaired) electrons. The van der Waals surface area contributed by atoms with Gasteiger partial charge >= 0.3 is 6.36 Å². The van der Waals surface area contributed by atoms with Gasteiger partial charge in [0.05, 0.1) is 16.0 Å². The normalized spacial score (nSPS) is 11.8. The minimum atomic E-state index is -4.79. The lowest BCUT2D eigenvalue weighted by molar-refractivity contribution is -0.274. The van der Waals surface area contributed by atoms with E-state index in [-0.39, 0.29) is 23.2 Å². The maximum Gasteiger partial charge on any atom is 0.573 e. The van der Waals surface area contributed by atoms with Gasteiger partial charge in [0, 0.05) is 24.1 Å². The van der Waals surface area contributed by atoms with Gasteiger partial charge in [0.25, 0.3) is 0 Å². The van der Waals surface area contributed by atoms with Gasteiger partial charge in [-0.15, -0.1) is 24.9 Å². The Morgan fingerprint density at radius 1 is 1.13 bits per heavy atom. The van der Waals surface area contributed by atoms with Crippen molar-refractivity contribution in [2.24, 2.45) is 0 Å². The molecule has 0 bridgehead atoms. The van der Waals surface area contributed by atoms with Gasteiger partial charge in [-0.25, -0.2) is 9.37 Å². The molecule has 0 aliphatic carbocycles. The first-order chi connectivity index (χ1) is 14.6. The van der Waals surface area contributed by atoms with Gasteiger partial charge in [-0.2, -0.15) is 0 Å². The summed E-state index contributed by atoms with van der Waals surface area (Å²) in [6.45, 7) is 0.937. The number of fused-ring (bicyclic) bond motifs is 1. The third-order valence-corrected chi connectivity index (χ3v) is 6.10. The van der Waals surface area contributed by atoms with E-state index in [1.807, 2.05) is 19.0 Å². The minimum absolute atomic E-state index is 0.109. The van der Waals surface area contributed by atoms with Crippen molar-refractivity contribution in [3.63, 3.8) is 0 Å². The Morgan fingerprint density at radius 3 is 2.48 bits per heavy atom. The van der Waals surface area contributed by atoms with Crippen LogP contribution in [0.4, 0.5) is 22.7 Å². The molecule has 2 aromatic carbocycles. The molecular weight excluding hydrogens is 454 g/mol. The molecule has 1 amide bonds. The molecule has 1 heterocycles. The summed E-state index contributed by atoms with van der Waals surface area (Å²) in [5, 5.41) is 0.394. The van der Waals surface area contributed by atoms with E-state index in [2.05, 4.69) is 9.72 Å². The average molecular weight is 474 g/mol. The fraction of sp³-hybridized carbons (Fsp3) is 0.300. The summed E-state index contributed by atoms with van der Waals surface area (Å²) in [7, 11) is 3.74. The molecule has 3 aromatic rings. The number of carbonyl (C=O) groups is 1. The van der Waals surface area contributed by atoms with Crippen LogP contribution in [0.2, 0.25) is 0 Å². The van der Waals surface area contributed by atoms with Gasteiger partial charge in [0.1, 0.15) is 11.6 Å². The molecule has 0 saturated carbocycles. The molecule has 0 aliphatic rings. The van der Waals surface area contributed by atoms with Gasteiger partial charge in [-0.1, -0.05) is 11.3 Å². The van der Waals surface area contributed by atoms with Crippen LogP contribution < -0.4 is 9.64 Å².